The zero-order valence-electron chi connectivity index (χ0n) is 11.7. The van der Waals surface area contributed by atoms with Crippen LogP contribution in [0.1, 0.15) is 25.8 Å². The van der Waals surface area contributed by atoms with Gasteiger partial charge in [0.15, 0.2) is 0 Å². The molecule has 1 aromatic carbocycles. The van der Waals surface area contributed by atoms with Gasteiger partial charge in [-0.1, -0.05) is 19.9 Å². The van der Waals surface area contributed by atoms with E-state index >= 15 is 0 Å². The van der Waals surface area contributed by atoms with E-state index in [1.54, 1.807) is 7.11 Å². The molecule has 3 nitrogen and oxygen atoms in total. The Bertz CT molecular complexity index is 429. The molecule has 0 radical (unpaired) electrons. The van der Waals surface area contributed by atoms with Crippen molar-refractivity contribution in [3.05, 3.63) is 23.8 Å². The summed E-state index contributed by atoms with van der Waals surface area (Å²) >= 11 is 0. The Morgan fingerprint density at radius 3 is 2.72 bits per heavy atom. The molecule has 1 aromatic rings. The van der Waals surface area contributed by atoms with Gasteiger partial charge in [0.1, 0.15) is 5.75 Å². The van der Waals surface area contributed by atoms with Crippen LogP contribution in [0.25, 0.3) is 0 Å². The van der Waals surface area contributed by atoms with Crippen molar-refractivity contribution in [3.63, 3.8) is 0 Å². The molecule has 1 atom stereocenters. The number of aliphatic hydroxyl groups is 1. The first-order valence-electron chi connectivity index (χ1n) is 6.52. The lowest BCUT2D eigenvalue weighted by Crippen LogP contribution is -2.48. The molecule has 2 rings (SSSR count). The van der Waals surface area contributed by atoms with Crippen molar-refractivity contribution in [1.29, 1.82) is 0 Å². The summed E-state index contributed by atoms with van der Waals surface area (Å²) in [5.41, 5.74) is 2.29. The van der Waals surface area contributed by atoms with Gasteiger partial charge in [-0.2, -0.15) is 0 Å². The summed E-state index contributed by atoms with van der Waals surface area (Å²) in [5.74, 6) is 0.910. The lowest BCUT2D eigenvalue weighted by atomic mass is 9.81. The molecule has 0 bridgehead atoms. The van der Waals surface area contributed by atoms with Gasteiger partial charge in [0.25, 0.3) is 0 Å². The fourth-order valence-corrected chi connectivity index (χ4v) is 2.60. The highest BCUT2D eigenvalue weighted by Crippen LogP contribution is 2.36. The topological polar surface area (TPSA) is 32.7 Å². The first-order chi connectivity index (χ1) is 8.44. The highest BCUT2D eigenvalue weighted by Gasteiger charge is 2.35. The standard InChI is InChI=1S/C15H23NO2/c1-11-5-6-13(18-4)12(9-11)16-8-7-14(17)15(2,3)10-16/h5-6,9,14,17H,7-8,10H2,1-4H3. The molecule has 1 fully saturated rings. The molecule has 1 aliphatic rings. The predicted molar refractivity (Wildman–Crippen MR) is 74.3 cm³/mol. The molecular weight excluding hydrogens is 226 g/mol. The molecule has 1 unspecified atom stereocenters. The molecule has 0 amide bonds. The molecule has 18 heavy (non-hydrogen) atoms. The maximum atomic E-state index is 10.0. The van der Waals surface area contributed by atoms with E-state index in [2.05, 4.69) is 37.8 Å². The summed E-state index contributed by atoms with van der Waals surface area (Å²) in [6, 6.07) is 6.24. The number of hydrogen-bond acceptors (Lipinski definition) is 3. The molecule has 0 aliphatic carbocycles. The minimum Gasteiger partial charge on any atom is -0.495 e. The van der Waals surface area contributed by atoms with Gasteiger partial charge in [0, 0.05) is 18.5 Å². The Hall–Kier alpha value is -1.22. The van der Waals surface area contributed by atoms with Crippen molar-refractivity contribution in [3.8, 4) is 5.75 Å². The Morgan fingerprint density at radius 1 is 1.39 bits per heavy atom. The van der Waals surface area contributed by atoms with E-state index in [9.17, 15) is 5.11 Å². The van der Waals surface area contributed by atoms with Gasteiger partial charge in [0.2, 0.25) is 0 Å². The van der Waals surface area contributed by atoms with E-state index in [1.165, 1.54) is 5.56 Å². The summed E-state index contributed by atoms with van der Waals surface area (Å²) in [6.07, 6.45) is 0.592. The molecule has 3 heteroatoms. The van der Waals surface area contributed by atoms with Crippen LogP contribution in [0.2, 0.25) is 0 Å². The molecule has 0 aromatic heterocycles. The van der Waals surface area contributed by atoms with E-state index < -0.39 is 0 Å². The fraction of sp³-hybridized carbons (Fsp3) is 0.600. The van der Waals surface area contributed by atoms with Gasteiger partial charge < -0.3 is 14.7 Å². The van der Waals surface area contributed by atoms with Gasteiger partial charge in [0.05, 0.1) is 18.9 Å². The Balaban J connectivity index is 2.29. The fourth-order valence-electron chi connectivity index (χ4n) is 2.60. The summed E-state index contributed by atoms with van der Waals surface area (Å²) in [6.45, 7) is 8.06. The number of benzene rings is 1. The molecular formula is C15H23NO2. The smallest absolute Gasteiger partial charge is 0.142 e. The second kappa shape index (κ2) is 4.81. The maximum absolute atomic E-state index is 10.0. The van der Waals surface area contributed by atoms with Gasteiger partial charge >= 0.3 is 0 Å². The van der Waals surface area contributed by atoms with Crippen molar-refractivity contribution in [2.45, 2.75) is 33.3 Å². The van der Waals surface area contributed by atoms with Crippen LogP contribution in [-0.2, 0) is 0 Å². The van der Waals surface area contributed by atoms with Crippen molar-refractivity contribution in [1.82, 2.24) is 0 Å². The third-order valence-electron chi connectivity index (χ3n) is 3.85. The van der Waals surface area contributed by atoms with Crippen molar-refractivity contribution in [2.24, 2.45) is 5.41 Å². The van der Waals surface area contributed by atoms with E-state index in [1.807, 2.05) is 6.07 Å². The Labute approximate surface area is 109 Å². The van der Waals surface area contributed by atoms with Gasteiger partial charge in [-0.25, -0.2) is 0 Å². The number of methoxy groups -OCH3 is 1. The zero-order valence-corrected chi connectivity index (χ0v) is 11.7. The molecule has 1 N–H and O–H groups in total. The maximum Gasteiger partial charge on any atom is 0.142 e. The van der Waals surface area contributed by atoms with Crippen LogP contribution in [0, 0.1) is 12.3 Å². The molecule has 100 valence electrons. The normalized spacial score (nSPS) is 22.9. The lowest BCUT2D eigenvalue weighted by molar-refractivity contribution is 0.0335. The Kier molecular flexibility index (Phi) is 3.53. The van der Waals surface area contributed by atoms with Crippen molar-refractivity contribution >= 4 is 5.69 Å². The zero-order chi connectivity index (χ0) is 13.3. The molecule has 1 saturated heterocycles. The number of hydrogen-bond donors (Lipinski definition) is 1. The van der Waals surface area contributed by atoms with Crippen LogP contribution in [0.4, 0.5) is 5.69 Å². The minimum absolute atomic E-state index is 0.0764. The van der Waals surface area contributed by atoms with E-state index in [-0.39, 0.29) is 11.5 Å². The van der Waals surface area contributed by atoms with Crippen molar-refractivity contribution in [2.75, 3.05) is 25.1 Å². The average Bonchev–Trinajstić information content (AvgIpc) is 2.32. The highest BCUT2D eigenvalue weighted by molar-refractivity contribution is 5.60. The van der Waals surface area contributed by atoms with Crippen LogP contribution in [0.15, 0.2) is 18.2 Å². The minimum atomic E-state index is -0.218. The number of anilines is 1. The number of piperidine rings is 1. The third-order valence-corrected chi connectivity index (χ3v) is 3.85. The molecule has 0 saturated carbocycles. The van der Waals surface area contributed by atoms with E-state index in [0.29, 0.717) is 0 Å². The largest absolute Gasteiger partial charge is 0.495 e. The number of ether oxygens (including phenoxy) is 1. The molecule has 1 heterocycles. The highest BCUT2D eigenvalue weighted by atomic mass is 16.5. The van der Waals surface area contributed by atoms with Gasteiger partial charge in [-0.05, 0) is 31.0 Å². The number of aryl methyl sites for hydroxylation is 1. The Morgan fingerprint density at radius 2 is 2.11 bits per heavy atom. The first-order valence-corrected chi connectivity index (χ1v) is 6.52. The summed E-state index contributed by atoms with van der Waals surface area (Å²) in [7, 11) is 1.71. The van der Waals surface area contributed by atoms with Crippen LogP contribution in [0.5, 0.6) is 5.75 Å². The third kappa shape index (κ3) is 2.46. The summed E-state index contributed by atoms with van der Waals surface area (Å²) < 4.78 is 5.44. The van der Waals surface area contributed by atoms with Crippen LogP contribution in [-0.4, -0.2) is 31.4 Å². The van der Waals surface area contributed by atoms with Crippen LogP contribution < -0.4 is 9.64 Å². The monoisotopic (exact) mass is 249 g/mol. The summed E-state index contributed by atoms with van der Waals surface area (Å²) in [5, 5.41) is 10.0. The second-order valence-electron chi connectivity index (χ2n) is 5.89. The van der Waals surface area contributed by atoms with Gasteiger partial charge in [-0.15, -0.1) is 0 Å². The molecule has 0 spiro atoms. The number of rotatable bonds is 2. The second-order valence-corrected chi connectivity index (χ2v) is 5.89. The van der Waals surface area contributed by atoms with Crippen LogP contribution >= 0.6 is 0 Å². The van der Waals surface area contributed by atoms with E-state index in [4.69, 9.17) is 4.74 Å². The average molecular weight is 249 g/mol. The number of nitrogens with zero attached hydrogens (tertiary/aromatic N) is 1. The summed E-state index contributed by atoms with van der Waals surface area (Å²) in [4.78, 5) is 2.32. The van der Waals surface area contributed by atoms with E-state index in [0.717, 1.165) is 30.9 Å². The predicted octanol–water partition coefficient (Wildman–Crippen LogP) is 2.60. The quantitative estimate of drug-likeness (QED) is 0.874. The first kappa shape index (κ1) is 13.2. The van der Waals surface area contributed by atoms with Crippen molar-refractivity contribution < 1.29 is 9.84 Å². The SMILES string of the molecule is COc1ccc(C)cc1N1CCC(O)C(C)(C)C1. The van der Waals surface area contributed by atoms with Crippen LogP contribution in [0.3, 0.4) is 0 Å². The lowest BCUT2D eigenvalue weighted by Gasteiger charge is -2.43. The molecule has 1 aliphatic heterocycles. The van der Waals surface area contributed by atoms with Gasteiger partial charge in [-0.3, -0.25) is 0 Å². The number of aliphatic hydroxyl groups excluding tert-OH is 1.